The highest BCUT2D eigenvalue weighted by atomic mass is 16.5. The van der Waals surface area contributed by atoms with Gasteiger partial charge in [0, 0.05) is 26.3 Å². The Bertz CT molecular complexity index is 411. The molecule has 0 aromatic heterocycles. The Morgan fingerprint density at radius 3 is 2.86 bits per heavy atom. The first kappa shape index (κ1) is 15.6. The highest BCUT2D eigenvalue weighted by Gasteiger charge is 2.34. The van der Waals surface area contributed by atoms with Gasteiger partial charge in [0.1, 0.15) is 12.6 Å². The van der Waals surface area contributed by atoms with Gasteiger partial charge in [-0.2, -0.15) is 0 Å². The van der Waals surface area contributed by atoms with Gasteiger partial charge in [-0.3, -0.25) is 9.69 Å². The molecule has 2 fully saturated rings. The predicted octanol–water partition coefficient (Wildman–Crippen LogP) is -0.602. The summed E-state index contributed by atoms with van der Waals surface area (Å²) in [5.74, 6) is -0.767. The number of urea groups is 1. The topological polar surface area (TPSA) is 108 Å². The van der Waals surface area contributed by atoms with Crippen molar-refractivity contribution < 1.29 is 24.2 Å². The second-order valence-corrected chi connectivity index (χ2v) is 5.39. The maximum atomic E-state index is 11.9. The number of carboxylic acid groups (broad SMARTS) is 1. The standard InChI is InChI=1S/C13H21N3O5/c17-11-7-16(10(6-15-11)12(18)19)13(20)14-4-1-5-21-8-9-2-3-9/h9-10H,1-8H2,(H,14,20)(H,15,17)(H,18,19). The molecule has 3 N–H and O–H groups in total. The third-order valence-electron chi connectivity index (χ3n) is 3.52. The van der Waals surface area contributed by atoms with E-state index < -0.39 is 18.0 Å². The van der Waals surface area contributed by atoms with Gasteiger partial charge < -0.3 is 20.5 Å². The molecule has 2 rings (SSSR count). The molecule has 1 atom stereocenters. The third kappa shape index (κ3) is 4.89. The van der Waals surface area contributed by atoms with Gasteiger partial charge in [0.25, 0.3) is 0 Å². The summed E-state index contributed by atoms with van der Waals surface area (Å²) >= 11 is 0. The zero-order chi connectivity index (χ0) is 15.2. The van der Waals surface area contributed by atoms with Crippen LogP contribution in [-0.2, 0) is 14.3 Å². The van der Waals surface area contributed by atoms with Gasteiger partial charge in [0.05, 0.1) is 0 Å². The molecule has 1 saturated heterocycles. The van der Waals surface area contributed by atoms with Crippen LogP contribution in [0.25, 0.3) is 0 Å². The number of carboxylic acids is 1. The summed E-state index contributed by atoms with van der Waals surface area (Å²) in [6.07, 6.45) is 3.14. The van der Waals surface area contributed by atoms with E-state index in [2.05, 4.69) is 10.6 Å². The number of nitrogens with zero attached hydrogens (tertiary/aromatic N) is 1. The highest BCUT2D eigenvalue weighted by Crippen LogP contribution is 2.28. The Labute approximate surface area is 122 Å². The van der Waals surface area contributed by atoms with E-state index in [4.69, 9.17) is 9.84 Å². The minimum Gasteiger partial charge on any atom is -0.480 e. The lowest BCUT2D eigenvalue weighted by atomic mass is 10.2. The first-order chi connectivity index (χ1) is 10.1. The van der Waals surface area contributed by atoms with E-state index in [0.29, 0.717) is 25.5 Å². The van der Waals surface area contributed by atoms with Gasteiger partial charge in [-0.1, -0.05) is 0 Å². The average Bonchev–Trinajstić information content (AvgIpc) is 3.26. The number of carbonyl (C=O) groups is 3. The van der Waals surface area contributed by atoms with Gasteiger partial charge in [0.15, 0.2) is 0 Å². The number of aliphatic carboxylic acids is 1. The van der Waals surface area contributed by atoms with Crippen molar-refractivity contribution in [2.24, 2.45) is 5.92 Å². The van der Waals surface area contributed by atoms with Gasteiger partial charge in [0.2, 0.25) is 5.91 Å². The molecular formula is C13H21N3O5. The molecule has 8 heteroatoms. The molecule has 0 radical (unpaired) electrons. The average molecular weight is 299 g/mol. The Hall–Kier alpha value is -1.83. The first-order valence-electron chi connectivity index (χ1n) is 7.19. The molecule has 3 amide bonds. The summed E-state index contributed by atoms with van der Waals surface area (Å²) in [5.41, 5.74) is 0. The Morgan fingerprint density at radius 1 is 1.43 bits per heavy atom. The molecule has 8 nitrogen and oxygen atoms in total. The number of nitrogens with one attached hydrogen (secondary N) is 2. The number of amides is 3. The SMILES string of the molecule is O=C1CN(C(=O)NCCCOCC2CC2)C(C(=O)O)CN1. The zero-order valence-electron chi connectivity index (χ0n) is 11.8. The van der Waals surface area contributed by atoms with Crippen molar-refractivity contribution >= 4 is 17.9 Å². The molecular weight excluding hydrogens is 278 g/mol. The zero-order valence-corrected chi connectivity index (χ0v) is 11.8. The maximum Gasteiger partial charge on any atom is 0.328 e. The smallest absolute Gasteiger partial charge is 0.328 e. The lowest BCUT2D eigenvalue weighted by molar-refractivity contribution is -0.144. The van der Waals surface area contributed by atoms with Crippen LogP contribution in [-0.4, -0.2) is 66.8 Å². The second-order valence-electron chi connectivity index (χ2n) is 5.39. The van der Waals surface area contributed by atoms with E-state index in [1.54, 1.807) is 0 Å². The molecule has 1 unspecified atom stereocenters. The van der Waals surface area contributed by atoms with Gasteiger partial charge in [-0.05, 0) is 25.2 Å². The molecule has 1 heterocycles. The molecule has 1 saturated carbocycles. The minimum absolute atomic E-state index is 0.0634. The van der Waals surface area contributed by atoms with Crippen molar-refractivity contribution in [3.8, 4) is 0 Å². The van der Waals surface area contributed by atoms with Crippen molar-refractivity contribution in [3.05, 3.63) is 0 Å². The summed E-state index contributed by atoms with van der Waals surface area (Å²) in [7, 11) is 0. The number of carbonyl (C=O) groups excluding carboxylic acids is 2. The van der Waals surface area contributed by atoms with Crippen LogP contribution in [0.15, 0.2) is 0 Å². The van der Waals surface area contributed by atoms with Crippen LogP contribution in [0.4, 0.5) is 4.79 Å². The van der Waals surface area contributed by atoms with E-state index in [1.807, 2.05) is 0 Å². The van der Waals surface area contributed by atoms with Crippen molar-refractivity contribution in [2.45, 2.75) is 25.3 Å². The molecule has 0 aromatic carbocycles. The molecule has 1 aliphatic heterocycles. The first-order valence-corrected chi connectivity index (χ1v) is 7.19. The number of hydrogen-bond acceptors (Lipinski definition) is 4. The summed E-state index contributed by atoms with van der Waals surface area (Å²) in [4.78, 5) is 35.3. The van der Waals surface area contributed by atoms with Crippen molar-refractivity contribution in [1.82, 2.24) is 15.5 Å². The number of rotatable bonds is 7. The van der Waals surface area contributed by atoms with Gasteiger partial charge in [-0.15, -0.1) is 0 Å². The van der Waals surface area contributed by atoms with Crippen LogP contribution in [0.1, 0.15) is 19.3 Å². The van der Waals surface area contributed by atoms with Crippen LogP contribution < -0.4 is 10.6 Å². The molecule has 0 bridgehead atoms. The van der Waals surface area contributed by atoms with Crippen molar-refractivity contribution in [2.75, 3.05) is 32.8 Å². The third-order valence-corrected chi connectivity index (χ3v) is 3.52. The summed E-state index contributed by atoms with van der Waals surface area (Å²) in [6.45, 7) is 1.45. The summed E-state index contributed by atoms with van der Waals surface area (Å²) < 4.78 is 5.44. The van der Waals surface area contributed by atoms with E-state index in [1.165, 1.54) is 12.8 Å². The van der Waals surface area contributed by atoms with Gasteiger partial charge >= 0.3 is 12.0 Å². The lowest BCUT2D eigenvalue weighted by Crippen LogP contribution is -2.61. The van der Waals surface area contributed by atoms with Crippen LogP contribution in [0.2, 0.25) is 0 Å². The van der Waals surface area contributed by atoms with E-state index in [9.17, 15) is 14.4 Å². The Morgan fingerprint density at radius 2 is 2.19 bits per heavy atom. The molecule has 1 aliphatic carbocycles. The highest BCUT2D eigenvalue weighted by molar-refractivity contribution is 5.90. The molecule has 21 heavy (non-hydrogen) atoms. The largest absolute Gasteiger partial charge is 0.480 e. The molecule has 0 spiro atoms. The van der Waals surface area contributed by atoms with Crippen molar-refractivity contribution in [3.63, 3.8) is 0 Å². The number of piperazine rings is 1. The monoisotopic (exact) mass is 299 g/mol. The fourth-order valence-electron chi connectivity index (χ4n) is 2.08. The van der Waals surface area contributed by atoms with Crippen LogP contribution in [0.5, 0.6) is 0 Å². The van der Waals surface area contributed by atoms with E-state index in [-0.39, 0.29) is 19.0 Å². The second kappa shape index (κ2) is 7.26. The molecule has 118 valence electrons. The predicted molar refractivity (Wildman–Crippen MR) is 72.7 cm³/mol. The van der Waals surface area contributed by atoms with Crippen LogP contribution in [0.3, 0.4) is 0 Å². The van der Waals surface area contributed by atoms with Crippen LogP contribution in [0, 0.1) is 5.92 Å². The van der Waals surface area contributed by atoms with E-state index in [0.717, 1.165) is 11.5 Å². The van der Waals surface area contributed by atoms with Crippen molar-refractivity contribution in [1.29, 1.82) is 0 Å². The number of hydrogen-bond donors (Lipinski definition) is 3. The van der Waals surface area contributed by atoms with Gasteiger partial charge in [-0.25, -0.2) is 9.59 Å². The fraction of sp³-hybridized carbons (Fsp3) is 0.769. The Kier molecular flexibility index (Phi) is 5.38. The molecule has 0 aromatic rings. The van der Waals surface area contributed by atoms with E-state index >= 15 is 0 Å². The lowest BCUT2D eigenvalue weighted by Gasteiger charge is -2.32. The number of ether oxygens (including phenoxy) is 1. The van der Waals surface area contributed by atoms with Crippen LogP contribution >= 0.6 is 0 Å². The fourth-order valence-corrected chi connectivity index (χ4v) is 2.08. The normalized spacial score (nSPS) is 21.8. The Balaban J connectivity index is 1.66. The summed E-state index contributed by atoms with van der Waals surface area (Å²) in [6, 6.07) is -1.55. The quantitative estimate of drug-likeness (QED) is 0.544. The summed E-state index contributed by atoms with van der Waals surface area (Å²) in [5, 5.41) is 14.1. The molecule has 2 aliphatic rings. The maximum absolute atomic E-state index is 11.9. The minimum atomic E-state index is -1.13.